The van der Waals surface area contributed by atoms with Crippen molar-refractivity contribution in [2.75, 3.05) is 7.11 Å². The summed E-state index contributed by atoms with van der Waals surface area (Å²) in [7, 11) is 1.71. The third-order valence-electron chi connectivity index (χ3n) is 8.60. The van der Waals surface area contributed by atoms with E-state index in [-0.39, 0.29) is 17.8 Å². The topological polar surface area (TPSA) is 55.8 Å². The van der Waals surface area contributed by atoms with Gasteiger partial charge >= 0.3 is 5.97 Å². The second kappa shape index (κ2) is 11.2. The first-order valence-electron chi connectivity index (χ1n) is 14.0. The summed E-state index contributed by atoms with van der Waals surface area (Å²) in [5.74, 6) is 2.14. The van der Waals surface area contributed by atoms with E-state index in [1.165, 1.54) is 48.8 Å². The molecule has 2 fully saturated rings. The summed E-state index contributed by atoms with van der Waals surface area (Å²) in [6.45, 7) is 5.27. The summed E-state index contributed by atoms with van der Waals surface area (Å²) >= 11 is 0. The van der Waals surface area contributed by atoms with E-state index in [1.807, 2.05) is 30.3 Å². The quantitative estimate of drug-likeness (QED) is 0.279. The number of carboxylic acids is 1. The lowest BCUT2D eigenvalue weighted by Gasteiger charge is -2.30. The molecule has 0 aromatic heterocycles. The van der Waals surface area contributed by atoms with Gasteiger partial charge in [0.05, 0.1) is 13.5 Å². The third kappa shape index (κ3) is 6.23. The second-order valence-electron chi connectivity index (χ2n) is 11.9. The molecule has 0 aliphatic heterocycles. The van der Waals surface area contributed by atoms with E-state index in [9.17, 15) is 9.90 Å². The van der Waals surface area contributed by atoms with E-state index in [2.05, 4.69) is 50.2 Å². The first kappa shape index (κ1) is 26.3. The molecule has 0 radical (unpaired) electrons. The number of benzene rings is 3. The molecule has 5 rings (SSSR count). The molecule has 0 saturated heterocycles. The maximum absolute atomic E-state index is 11.5. The number of ether oxygens (including phenoxy) is 2. The molecule has 0 amide bonds. The summed E-state index contributed by atoms with van der Waals surface area (Å²) in [5, 5.41) is 9.45. The number of methoxy groups -OCH3 is 1. The van der Waals surface area contributed by atoms with Crippen molar-refractivity contribution in [3.63, 3.8) is 0 Å². The Morgan fingerprint density at radius 3 is 2.50 bits per heavy atom. The largest absolute Gasteiger partial charge is 0.497 e. The summed E-state index contributed by atoms with van der Waals surface area (Å²) in [5.41, 5.74) is 6.32. The molecule has 0 heterocycles. The normalized spacial score (nSPS) is 19.2. The molecular formula is C34H40O4. The monoisotopic (exact) mass is 512 g/mol. The average molecular weight is 513 g/mol. The van der Waals surface area contributed by atoms with Crippen molar-refractivity contribution in [2.24, 2.45) is 11.3 Å². The van der Waals surface area contributed by atoms with Gasteiger partial charge in [-0.3, -0.25) is 4.79 Å². The molecule has 1 N–H and O–H groups in total. The van der Waals surface area contributed by atoms with E-state index >= 15 is 0 Å². The Balaban J connectivity index is 1.39. The molecule has 38 heavy (non-hydrogen) atoms. The molecule has 0 bridgehead atoms. The molecule has 4 heteroatoms. The highest BCUT2D eigenvalue weighted by molar-refractivity contribution is 5.70. The summed E-state index contributed by atoms with van der Waals surface area (Å²) < 4.78 is 11.8. The van der Waals surface area contributed by atoms with Crippen LogP contribution in [0.5, 0.6) is 11.5 Å². The molecular weight excluding hydrogens is 472 g/mol. The number of rotatable bonds is 11. The van der Waals surface area contributed by atoms with Crippen LogP contribution in [0.15, 0.2) is 66.7 Å². The van der Waals surface area contributed by atoms with Gasteiger partial charge in [-0.15, -0.1) is 0 Å². The van der Waals surface area contributed by atoms with E-state index in [4.69, 9.17) is 9.47 Å². The van der Waals surface area contributed by atoms with Crippen LogP contribution < -0.4 is 9.47 Å². The van der Waals surface area contributed by atoms with Crippen LogP contribution in [0.2, 0.25) is 0 Å². The van der Waals surface area contributed by atoms with Gasteiger partial charge in [0, 0.05) is 0 Å². The maximum Gasteiger partial charge on any atom is 0.303 e. The van der Waals surface area contributed by atoms with Crippen LogP contribution in [0, 0.1) is 11.3 Å². The van der Waals surface area contributed by atoms with Crippen molar-refractivity contribution in [3.05, 3.63) is 83.4 Å². The Bertz CT molecular complexity index is 1270. The lowest BCUT2D eigenvalue weighted by atomic mass is 9.75. The average Bonchev–Trinajstić information content (AvgIpc) is 3.66. The fourth-order valence-electron chi connectivity index (χ4n) is 6.28. The van der Waals surface area contributed by atoms with Gasteiger partial charge in [-0.1, -0.05) is 75.6 Å². The van der Waals surface area contributed by atoms with E-state index in [0.717, 1.165) is 29.0 Å². The van der Waals surface area contributed by atoms with Gasteiger partial charge in [0.15, 0.2) is 0 Å². The first-order valence-corrected chi connectivity index (χ1v) is 14.0. The lowest BCUT2D eigenvalue weighted by molar-refractivity contribution is -0.137. The van der Waals surface area contributed by atoms with Crippen molar-refractivity contribution in [1.82, 2.24) is 0 Å². The molecule has 2 atom stereocenters. The molecule has 2 saturated carbocycles. The zero-order valence-electron chi connectivity index (χ0n) is 22.9. The van der Waals surface area contributed by atoms with Crippen molar-refractivity contribution in [2.45, 2.75) is 77.2 Å². The van der Waals surface area contributed by atoms with E-state index in [0.29, 0.717) is 18.4 Å². The number of carbonyl (C=O) groups is 1. The van der Waals surface area contributed by atoms with Crippen LogP contribution in [0.25, 0.3) is 11.1 Å². The molecule has 0 unspecified atom stereocenters. The zero-order valence-corrected chi connectivity index (χ0v) is 22.9. The fourth-order valence-corrected chi connectivity index (χ4v) is 6.28. The Labute approximate surface area is 227 Å². The van der Waals surface area contributed by atoms with Gasteiger partial charge in [0.1, 0.15) is 18.1 Å². The van der Waals surface area contributed by atoms with Gasteiger partial charge in [-0.2, -0.15) is 0 Å². The van der Waals surface area contributed by atoms with Gasteiger partial charge in [-0.25, -0.2) is 0 Å². The van der Waals surface area contributed by atoms with Crippen LogP contribution in [-0.4, -0.2) is 18.2 Å². The fraction of sp³-hybridized carbons (Fsp3) is 0.441. The third-order valence-corrected chi connectivity index (χ3v) is 8.60. The predicted octanol–water partition coefficient (Wildman–Crippen LogP) is 8.59. The highest BCUT2D eigenvalue weighted by Gasteiger charge is 2.37. The molecule has 200 valence electrons. The van der Waals surface area contributed by atoms with Crippen molar-refractivity contribution >= 4 is 5.97 Å². The van der Waals surface area contributed by atoms with Crippen molar-refractivity contribution in [3.8, 4) is 22.6 Å². The number of hydrogen-bond acceptors (Lipinski definition) is 3. The molecule has 2 aliphatic carbocycles. The summed E-state index contributed by atoms with van der Waals surface area (Å²) in [6, 6.07) is 23.2. The highest BCUT2D eigenvalue weighted by Crippen LogP contribution is 2.51. The Morgan fingerprint density at radius 2 is 1.79 bits per heavy atom. The van der Waals surface area contributed by atoms with Gasteiger partial charge in [0.2, 0.25) is 0 Å². The first-order chi connectivity index (χ1) is 18.3. The van der Waals surface area contributed by atoms with Gasteiger partial charge in [-0.05, 0) is 94.5 Å². The number of hydrogen-bond donors (Lipinski definition) is 1. The van der Waals surface area contributed by atoms with E-state index in [1.54, 1.807) is 7.11 Å². The van der Waals surface area contributed by atoms with Crippen molar-refractivity contribution in [1.29, 1.82) is 0 Å². The molecule has 3 aromatic rings. The number of carboxylic acid groups (broad SMARTS) is 1. The summed E-state index contributed by atoms with van der Waals surface area (Å²) in [4.78, 5) is 11.5. The minimum absolute atomic E-state index is 0.0434. The number of aliphatic carboxylic acids is 1. The Kier molecular flexibility index (Phi) is 7.78. The minimum Gasteiger partial charge on any atom is -0.497 e. The molecule has 0 spiro atoms. The molecule has 4 nitrogen and oxygen atoms in total. The van der Waals surface area contributed by atoms with Gasteiger partial charge in [0.25, 0.3) is 0 Å². The second-order valence-corrected chi connectivity index (χ2v) is 11.9. The predicted molar refractivity (Wildman–Crippen MR) is 152 cm³/mol. The summed E-state index contributed by atoms with van der Waals surface area (Å²) in [6.07, 6.45) is 7.25. The van der Waals surface area contributed by atoms with E-state index < -0.39 is 5.97 Å². The lowest BCUT2D eigenvalue weighted by Crippen LogP contribution is -2.16. The Hall–Kier alpha value is -3.27. The molecule has 3 aromatic carbocycles. The SMILES string of the molecule is COc1cccc(-c2ccc(COc3cccc([C@@H](CC(=O)O)CC4CC4)c3)cc2[C@H]2CCCC2(C)C)c1. The smallest absolute Gasteiger partial charge is 0.303 e. The maximum atomic E-state index is 11.5. The standard InChI is InChI=1S/C34H40O4/c1-34(2)16-6-11-32(34)31-18-24(14-15-30(31)26-8-5-9-28(20-26)37-3)22-38-29-10-4-7-25(19-29)27(21-33(35)36)17-23-12-13-23/h4-5,7-10,14-15,18-20,23,27,32H,6,11-13,16-17,21-22H2,1-3H3,(H,35,36)/t27-,32-/m1/s1. The van der Waals surface area contributed by atoms with Crippen LogP contribution in [0.4, 0.5) is 0 Å². The van der Waals surface area contributed by atoms with Crippen LogP contribution in [0.1, 0.15) is 87.3 Å². The Morgan fingerprint density at radius 1 is 1.00 bits per heavy atom. The van der Waals surface area contributed by atoms with Crippen LogP contribution in [0.3, 0.4) is 0 Å². The highest BCUT2D eigenvalue weighted by atomic mass is 16.5. The van der Waals surface area contributed by atoms with Crippen molar-refractivity contribution < 1.29 is 19.4 Å². The molecule has 2 aliphatic rings. The van der Waals surface area contributed by atoms with Crippen LogP contribution in [-0.2, 0) is 11.4 Å². The minimum atomic E-state index is -0.736. The zero-order chi connectivity index (χ0) is 26.7. The van der Waals surface area contributed by atoms with Crippen LogP contribution >= 0.6 is 0 Å². The van der Waals surface area contributed by atoms with Gasteiger partial charge < -0.3 is 14.6 Å².